The van der Waals surface area contributed by atoms with E-state index in [9.17, 15) is 4.79 Å². The molecule has 0 bridgehead atoms. The van der Waals surface area contributed by atoms with E-state index in [1.54, 1.807) is 0 Å². The summed E-state index contributed by atoms with van der Waals surface area (Å²) >= 11 is 0. The van der Waals surface area contributed by atoms with E-state index in [1.165, 1.54) is 0 Å². The van der Waals surface area contributed by atoms with E-state index in [1.807, 2.05) is 5.70 Å². The second kappa shape index (κ2) is 7.53. The monoisotopic (exact) mass is 172 g/mol. The van der Waals surface area contributed by atoms with Crippen LogP contribution in [0.3, 0.4) is 0 Å². The van der Waals surface area contributed by atoms with Crippen molar-refractivity contribution in [3.63, 3.8) is 0 Å². The predicted octanol–water partition coefficient (Wildman–Crippen LogP) is 0.990. The van der Waals surface area contributed by atoms with E-state index in [0.717, 1.165) is 12.8 Å². The van der Waals surface area contributed by atoms with Gasteiger partial charge in [-0.1, -0.05) is 13.3 Å². The molecule has 0 saturated carbocycles. The zero-order valence-electron chi connectivity index (χ0n) is 7.14. The molecule has 0 atom stereocenters. The van der Waals surface area contributed by atoms with Crippen LogP contribution < -0.4 is 0 Å². The van der Waals surface area contributed by atoms with Crippen molar-refractivity contribution in [2.75, 3.05) is 6.23 Å². The van der Waals surface area contributed by atoms with Crippen LogP contribution in [0.25, 0.3) is 0 Å². The summed E-state index contributed by atoms with van der Waals surface area (Å²) in [5, 5.41) is 0. The third-order valence-corrected chi connectivity index (χ3v) is 2.17. The molecular weight excluding hydrogens is 156 g/mol. The Morgan fingerprint density at radius 2 is 2.45 bits per heavy atom. The van der Waals surface area contributed by atoms with Gasteiger partial charge in [-0.25, -0.2) is 0 Å². The third-order valence-electron chi connectivity index (χ3n) is 1.32. The first-order valence-corrected chi connectivity index (χ1v) is 5.89. The summed E-state index contributed by atoms with van der Waals surface area (Å²) in [5.41, 5.74) is 1.88. The van der Waals surface area contributed by atoms with Crippen LogP contribution in [0.2, 0.25) is 0 Å². The third kappa shape index (κ3) is 7.32. The van der Waals surface area contributed by atoms with Crippen molar-refractivity contribution in [1.82, 2.24) is 0 Å². The van der Waals surface area contributed by atoms with Gasteiger partial charge in [0.25, 0.3) is 0 Å². The molecule has 0 aliphatic heterocycles. The van der Waals surface area contributed by atoms with Crippen molar-refractivity contribution in [3.05, 3.63) is 12.3 Å². The highest BCUT2D eigenvalue weighted by Crippen LogP contribution is 1.95. The average Bonchev–Trinajstić information content (AvgIpc) is 2.01. The maximum atomic E-state index is 10.8. The van der Waals surface area contributed by atoms with Crippen molar-refractivity contribution in [3.8, 4) is 0 Å². The molecule has 0 unspecified atom stereocenters. The van der Waals surface area contributed by atoms with E-state index in [2.05, 4.69) is 13.5 Å². The lowest BCUT2D eigenvalue weighted by Gasteiger charge is -2.00. The standard InChI is InChI=1S/C8H16O2Si/c1-3-5-6-8(9)10-7-11-4-2/h4H,2-3,5-7,11H2,1H3. The first-order valence-electron chi connectivity index (χ1n) is 4.07. The van der Waals surface area contributed by atoms with Crippen molar-refractivity contribution in [2.24, 2.45) is 0 Å². The van der Waals surface area contributed by atoms with Gasteiger partial charge in [0.2, 0.25) is 0 Å². The van der Waals surface area contributed by atoms with Gasteiger partial charge in [0.15, 0.2) is 0 Å². The molecule has 0 heterocycles. The second-order valence-electron chi connectivity index (χ2n) is 2.40. The maximum absolute atomic E-state index is 10.8. The fraction of sp³-hybridized carbons (Fsp3) is 0.625. The largest absolute Gasteiger partial charge is 0.470 e. The molecule has 0 aliphatic rings. The number of ether oxygens (including phenoxy) is 1. The number of hydrogen-bond acceptors (Lipinski definition) is 2. The Morgan fingerprint density at radius 3 is 3.00 bits per heavy atom. The Morgan fingerprint density at radius 1 is 1.73 bits per heavy atom. The molecule has 0 aliphatic carbocycles. The minimum absolute atomic E-state index is 0.0544. The van der Waals surface area contributed by atoms with Crippen LogP contribution in [0.15, 0.2) is 12.3 Å². The first kappa shape index (κ1) is 10.4. The van der Waals surface area contributed by atoms with Gasteiger partial charge in [-0.05, 0) is 6.42 Å². The van der Waals surface area contributed by atoms with E-state index < -0.39 is 0 Å². The summed E-state index contributed by atoms with van der Waals surface area (Å²) in [7, 11) is -0.324. The Hall–Kier alpha value is -0.573. The normalized spacial score (nSPS) is 10.3. The predicted molar refractivity (Wildman–Crippen MR) is 49.2 cm³/mol. The van der Waals surface area contributed by atoms with Crippen LogP contribution in [-0.2, 0) is 9.53 Å². The van der Waals surface area contributed by atoms with Crippen molar-refractivity contribution in [1.29, 1.82) is 0 Å². The highest BCUT2D eigenvalue weighted by molar-refractivity contribution is 6.41. The quantitative estimate of drug-likeness (QED) is 0.339. The lowest BCUT2D eigenvalue weighted by molar-refractivity contribution is -0.141. The topological polar surface area (TPSA) is 26.3 Å². The van der Waals surface area contributed by atoms with Crippen molar-refractivity contribution in [2.45, 2.75) is 26.2 Å². The summed E-state index contributed by atoms with van der Waals surface area (Å²) in [5.74, 6) is -0.0544. The molecule has 0 spiro atoms. The smallest absolute Gasteiger partial charge is 0.305 e. The lowest BCUT2D eigenvalue weighted by atomic mass is 10.3. The van der Waals surface area contributed by atoms with Crippen LogP contribution >= 0.6 is 0 Å². The zero-order chi connectivity index (χ0) is 8.53. The summed E-state index contributed by atoms with van der Waals surface area (Å²) < 4.78 is 4.94. The fourth-order valence-corrected chi connectivity index (χ4v) is 1.16. The van der Waals surface area contributed by atoms with Crippen LogP contribution in [0.1, 0.15) is 26.2 Å². The second-order valence-corrected chi connectivity index (χ2v) is 3.96. The number of rotatable bonds is 6. The van der Waals surface area contributed by atoms with Crippen molar-refractivity contribution >= 4 is 15.5 Å². The van der Waals surface area contributed by atoms with E-state index in [4.69, 9.17) is 4.74 Å². The molecule has 0 aromatic heterocycles. The van der Waals surface area contributed by atoms with Gasteiger partial charge in [0.1, 0.15) is 0 Å². The first-order chi connectivity index (χ1) is 5.31. The van der Waals surface area contributed by atoms with Crippen molar-refractivity contribution < 1.29 is 9.53 Å². The van der Waals surface area contributed by atoms with Gasteiger partial charge in [0, 0.05) is 6.42 Å². The summed E-state index contributed by atoms with van der Waals surface area (Å²) in [6.07, 6.45) is 3.18. The van der Waals surface area contributed by atoms with Crippen LogP contribution in [0.5, 0.6) is 0 Å². The van der Waals surface area contributed by atoms with Crippen LogP contribution in [0, 0.1) is 0 Å². The summed E-state index contributed by atoms with van der Waals surface area (Å²) in [6.45, 7) is 5.65. The number of carbonyl (C=O) groups is 1. The molecule has 0 amide bonds. The minimum atomic E-state index is -0.324. The Labute approximate surface area is 70.5 Å². The van der Waals surface area contributed by atoms with Crippen LogP contribution in [-0.4, -0.2) is 21.7 Å². The molecule has 0 saturated heterocycles. The number of esters is 1. The van der Waals surface area contributed by atoms with Gasteiger partial charge in [-0.15, -0.1) is 12.3 Å². The Bertz CT molecular complexity index is 123. The Balaban J connectivity index is 3.15. The highest BCUT2D eigenvalue weighted by atomic mass is 28.2. The summed E-state index contributed by atoms with van der Waals surface area (Å²) in [6, 6.07) is 0. The van der Waals surface area contributed by atoms with Gasteiger partial charge in [-0.2, -0.15) is 0 Å². The Kier molecular flexibility index (Phi) is 7.14. The number of unbranched alkanes of at least 4 members (excludes halogenated alkanes) is 1. The highest BCUT2D eigenvalue weighted by Gasteiger charge is 1.99. The van der Waals surface area contributed by atoms with Gasteiger partial charge < -0.3 is 4.74 Å². The van der Waals surface area contributed by atoms with E-state index in [0.29, 0.717) is 12.7 Å². The maximum Gasteiger partial charge on any atom is 0.305 e. The number of carbonyl (C=O) groups excluding carboxylic acids is 1. The fourth-order valence-electron chi connectivity index (χ4n) is 0.649. The molecule has 0 radical (unpaired) electrons. The van der Waals surface area contributed by atoms with Gasteiger partial charge in [-0.3, -0.25) is 4.79 Å². The van der Waals surface area contributed by atoms with Gasteiger partial charge in [0.05, 0.1) is 15.7 Å². The molecule has 0 aromatic rings. The summed E-state index contributed by atoms with van der Waals surface area (Å²) in [4.78, 5) is 10.8. The van der Waals surface area contributed by atoms with Crippen LogP contribution in [0.4, 0.5) is 0 Å². The lowest BCUT2D eigenvalue weighted by Crippen LogP contribution is -2.08. The van der Waals surface area contributed by atoms with Gasteiger partial charge >= 0.3 is 5.97 Å². The molecule has 0 rings (SSSR count). The molecule has 2 nitrogen and oxygen atoms in total. The molecular formula is C8H16O2Si. The van der Waals surface area contributed by atoms with E-state index in [-0.39, 0.29) is 15.5 Å². The minimum Gasteiger partial charge on any atom is -0.470 e. The molecule has 0 aromatic carbocycles. The molecule has 0 N–H and O–H groups in total. The SMILES string of the molecule is C=C[SiH2]COC(=O)CCCC. The van der Waals surface area contributed by atoms with E-state index >= 15 is 0 Å². The molecule has 11 heavy (non-hydrogen) atoms. The molecule has 64 valence electrons. The average molecular weight is 172 g/mol. The number of hydrogen-bond donors (Lipinski definition) is 0. The molecule has 0 fully saturated rings. The zero-order valence-corrected chi connectivity index (χ0v) is 8.55. The molecule has 3 heteroatoms.